The van der Waals surface area contributed by atoms with Crippen LogP contribution in [-0.4, -0.2) is 6.04 Å². The smallest absolute Gasteiger partial charge is 0.0543 e. The number of hydrogen-bond donors (Lipinski definition) is 0. The Morgan fingerprint density at radius 2 is 1.03 bits per heavy atom. The lowest BCUT2D eigenvalue weighted by Gasteiger charge is -2.45. The normalized spacial score (nSPS) is 19.1. The molecule has 4 aliphatic carbocycles. The summed E-state index contributed by atoms with van der Waals surface area (Å²) in [6.45, 7) is 9.89. The molecule has 0 amide bonds. The van der Waals surface area contributed by atoms with Crippen LogP contribution >= 0.6 is 0 Å². The summed E-state index contributed by atoms with van der Waals surface area (Å²) in [5.41, 5.74) is 18.8. The third kappa shape index (κ3) is 5.10. The van der Waals surface area contributed by atoms with Crippen LogP contribution in [0.2, 0.25) is 0 Å². The van der Waals surface area contributed by atoms with Gasteiger partial charge in [-0.3, -0.25) is 0 Å². The van der Waals surface area contributed by atoms with E-state index in [9.17, 15) is 0 Å². The predicted molar refractivity (Wildman–Crippen MR) is 245 cm³/mol. The van der Waals surface area contributed by atoms with Crippen LogP contribution in [0.5, 0.6) is 0 Å². The van der Waals surface area contributed by atoms with Gasteiger partial charge < -0.3 is 9.80 Å². The summed E-state index contributed by atoms with van der Waals surface area (Å²) in [5.74, 6) is 0.373. The molecule has 58 heavy (non-hydrogen) atoms. The van der Waals surface area contributed by atoms with E-state index in [-0.39, 0.29) is 16.9 Å². The minimum Gasteiger partial charge on any atom is -0.337 e. The Morgan fingerprint density at radius 1 is 0.517 bits per heavy atom. The van der Waals surface area contributed by atoms with Crippen LogP contribution in [0.15, 0.2) is 193 Å². The van der Waals surface area contributed by atoms with E-state index in [4.69, 9.17) is 0 Å². The van der Waals surface area contributed by atoms with Crippen molar-refractivity contribution in [3.05, 3.63) is 215 Å². The Balaban J connectivity index is 1.09. The summed E-state index contributed by atoms with van der Waals surface area (Å²) in [6.07, 6.45) is 9.20. The van der Waals surface area contributed by atoms with E-state index in [1.54, 1.807) is 5.57 Å². The lowest BCUT2D eigenvalue weighted by molar-refractivity contribution is 0.441. The molecule has 0 aromatic heterocycles. The van der Waals surface area contributed by atoms with Crippen molar-refractivity contribution < 1.29 is 0 Å². The van der Waals surface area contributed by atoms with Crippen LogP contribution in [0.4, 0.5) is 28.4 Å². The molecule has 2 unspecified atom stereocenters. The number of rotatable bonds is 6. The van der Waals surface area contributed by atoms with Crippen molar-refractivity contribution in [2.24, 2.45) is 5.92 Å². The topological polar surface area (TPSA) is 6.48 Å². The first-order valence-electron chi connectivity index (χ1n) is 21.0. The summed E-state index contributed by atoms with van der Waals surface area (Å²) in [4.78, 5) is 5.08. The lowest BCUT2D eigenvalue weighted by atomic mass is 9.68. The van der Waals surface area contributed by atoms with Gasteiger partial charge in [0.1, 0.15) is 0 Å². The number of allylic oxidation sites excluding steroid dienone is 4. The molecule has 7 aromatic rings. The van der Waals surface area contributed by atoms with Gasteiger partial charge in [-0.15, -0.1) is 0 Å². The van der Waals surface area contributed by atoms with Gasteiger partial charge in [0.25, 0.3) is 0 Å². The van der Waals surface area contributed by atoms with Gasteiger partial charge in [0, 0.05) is 50.9 Å². The zero-order valence-corrected chi connectivity index (χ0v) is 33.8. The zero-order valence-electron chi connectivity index (χ0n) is 33.8. The Bertz CT molecular complexity index is 2750. The van der Waals surface area contributed by atoms with Crippen LogP contribution < -0.4 is 9.80 Å². The number of fused-ring (bicyclic) bond motifs is 9. The highest BCUT2D eigenvalue weighted by Crippen LogP contribution is 2.62. The molecule has 0 heterocycles. The second kappa shape index (κ2) is 13.1. The molecular weight excluding hydrogens is 701 g/mol. The molecule has 2 nitrogen and oxygen atoms in total. The van der Waals surface area contributed by atoms with Crippen molar-refractivity contribution in [3.63, 3.8) is 0 Å². The van der Waals surface area contributed by atoms with Crippen molar-refractivity contribution in [3.8, 4) is 11.1 Å². The van der Waals surface area contributed by atoms with E-state index in [1.807, 2.05) is 0 Å². The third-order valence-corrected chi connectivity index (χ3v) is 13.8. The lowest BCUT2D eigenvalue weighted by Crippen LogP contribution is -2.42. The summed E-state index contributed by atoms with van der Waals surface area (Å²) in [5, 5.41) is 2.58. The van der Waals surface area contributed by atoms with E-state index in [0.717, 1.165) is 24.2 Å². The number of hydrogen-bond acceptors (Lipinski definition) is 2. The largest absolute Gasteiger partial charge is 0.337 e. The van der Waals surface area contributed by atoms with Gasteiger partial charge in [0.15, 0.2) is 0 Å². The van der Waals surface area contributed by atoms with Gasteiger partial charge in [0.2, 0.25) is 0 Å². The van der Waals surface area contributed by atoms with Crippen molar-refractivity contribution in [2.45, 2.75) is 57.4 Å². The molecule has 11 rings (SSSR count). The highest BCUT2D eigenvalue weighted by molar-refractivity contribution is 6.10. The molecule has 7 aromatic carbocycles. The summed E-state index contributed by atoms with van der Waals surface area (Å²) in [6, 6.07) is 60.9. The van der Waals surface area contributed by atoms with Crippen LogP contribution in [0, 0.1) is 5.92 Å². The number of anilines is 5. The molecule has 0 bridgehead atoms. The first-order chi connectivity index (χ1) is 28.3. The predicted octanol–water partition coefficient (Wildman–Crippen LogP) is 14.8. The molecular formula is C56H48N2. The van der Waals surface area contributed by atoms with Gasteiger partial charge in [-0.05, 0) is 135 Å². The van der Waals surface area contributed by atoms with Gasteiger partial charge in [-0.1, -0.05) is 143 Å². The fraction of sp³-hybridized carbons (Fsp3) is 0.179. The average Bonchev–Trinajstić information content (AvgIpc) is 3.63. The maximum Gasteiger partial charge on any atom is 0.0543 e. The second-order valence-corrected chi connectivity index (χ2v) is 17.6. The van der Waals surface area contributed by atoms with E-state index in [1.165, 1.54) is 72.4 Å². The fourth-order valence-corrected chi connectivity index (χ4v) is 11.0. The third-order valence-electron chi connectivity index (χ3n) is 13.8. The van der Waals surface area contributed by atoms with Gasteiger partial charge >= 0.3 is 0 Å². The van der Waals surface area contributed by atoms with Crippen molar-refractivity contribution in [1.82, 2.24) is 0 Å². The average molecular weight is 749 g/mol. The van der Waals surface area contributed by atoms with E-state index < -0.39 is 0 Å². The second-order valence-electron chi connectivity index (χ2n) is 17.6. The standard InChI is InChI=1S/C56H48N2/c1-55(2)47-33-46-48(34-45(47)53-43-31-19-17-29-41(43)51(35-49(53)55)57(37-21-9-5-10-22-37)38-23-11-6-12-24-38)56(3,4)50-36-52(42-30-18-20-32-44(42)54(46)50)58(39-25-13-7-14-26-39)40-27-15-8-16-28-40/h5-29,31-35,42,52H,30,36H2,1-4H3. The minimum absolute atomic E-state index is 0.135. The fourth-order valence-electron chi connectivity index (χ4n) is 11.0. The molecule has 0 radical (unpaired) electrons. The molecule has 282 valence electrons. The van der Waals surface area contributed by atoms with Crippen molar-refractivity contribution >= 4 is 44.8 Å². The zero-order chi connectivity index (χ0) is 39.2. The Labute approximate surface area is 343 Å². The molecule has 0 saturated carbocycles. The van der Waals surface area contributed by atoms with E-state index in [0.29, 0.717) is 5.92 Å². The molecule has 0 fully saturated rings. The van der Waals surface area contributed by atoms with Crippen LogP contribution in [0.3, 0.4) is 0 Å². The maximum atomic E-state index is 2.64. The van der Waals surface area contributed by atoms with Crippen LogP contribution in [0.25, 0.3) is 27.5 Å². The molecule has 0 aliphatic heterocycles. The SMILES string of the molecule is CC1(C)C2=C(C3=CC=CCC3C(N(c3ccccc3)c3ccccc3)C2)c2cc3c(cc21)-c1c(cc(N(c2ccccc2)c2ccccc2)c2ccccc12)C3(C)C. The van der Waals surface area contributed by atoms with Gasteiger partial charge in [-0.2, -0.15) is 0 Å². The highest BCUT2D eigenvalue weighted by atomic mass is 15.2. The van der Waals surface area contributed by atoms with Gasteiger partial charge in [-0.25, -0.2) is 0 Å². The van der Waals surface area contributed by atoms with Crippen molar-refractivity contribution in [1.29, 1.82) is 0 Å². The summed E-state index contributed by atoms with van der Waals surface area (Å²) in [7, 11) is 0. The van der Waals surface area contributed by atoms with Crippen LogP contribution in [-0.2, 0) is 10.8 Å². The Morgan fingerprint density at radius 3 is 1.64 bits per heavy atom. The Hall–Kier alpha value is -6.38. The minimum atomic E-state index is -0.208. The van der Waals surface area contributed by atoms with E-state index in [2.05, 4.69) is 220 Å². The molecule has 4 aliphatic rings. The molecule has 0 spiro atoms. The number of para-hydroxylation sites is 4. The summed E-state index contributed by atoms with van der Waals surface area (Å²) >= 11 is 0. The maximum absolute atomic E-state index is 2.64. The molecule has 0 N–H and O–H groups in total. The number of benzene rings is 7. The first-order valence-corrected chi connectivity index (χ1v) is 21.0. The van der Waals surface area contributed by atoms with Gasteiger partial charge in [0.05, 0.1) is 5.69 Å². The summed E-state index contributed by atoms with van der Waals surface area (Å²) < 4.78 is 0. The van der Waals surface area contributed by atoms with E-state index >= 15 is 0 Å². The quantitative estimate of drug-likeness (QED) is 0.167. The molecule has 0 saturated heterocycles. The van der Waals surface area contributed by atoms with Crippen LogP contribution in [0.1, 0.15) is 62.8 Å². The highest BCUT2D eigenvalue weighted by Gasteiger charge is 2.49. The monoisotopic (exact) mass is 748 g/mol. The Kier molecular flexibility index (Phi) is 7.86. The molecule has 2 atom stereocenters. The molecule has 2 heteroatoms. The number of nitrogens with zero attached hydrogens (tertiary/aromatic N) is 2. The van der Waals surface area contributed by atoms with Crippen molar-refractivity contribution in [2.75, 3.05) is 9.80 Å². The first kappa shape index (κ1) is 34.8.